The Balaban J connectivity index is 0.00000240. The van der Waals surface area contributed by atoms with E-state index in [0.29, 0.717) is 19.8 Å². The van der Waals surface area contributed by atoms with Crippen LogP contribution in [0.5, 0.6) is 11.5 Å². The number of nitrogens with one attached hydrogen (secondary N) is 1. The van der Waals surface area contributed by atoms with Crippen LogP contribution >= 0.6 is 12.4 Å². The highest BCUT2D eigenvalue weighted by Crippen LogP contribution is 2.33. The Kier molecular flexibility index (Phi) is 6.75. The molecule has 6 nitrogen and oxygen atoms in total. The van der Waals surface area contributed by atoms with Crippen LogP contribution < -0.4 is 25.4 Å². The standard InChI is InChI=1S/C22H27N3O3.ClH/c1-15(25-11-3-4-17-18(23)5-2-6-19(17)25)22(26)24-10-9-16-7-8-20-21(14-16)28-13-12-27-20;/h2,5-8,14-15H,3-4,9-13,23H2,1H3,(H,24,26);1H. The van der Waals surface area contributed by atoms with E-state index in [9.17, 15) is 4.79 Å². The van der Waals surface area contributed by atoms with Crippen LogP contribution in [0.15, 0.2) is 36.4 Å². The first-order valence-electron chi connectivity index (χ1n) is 9.94. The zero-order valence-electron chi connectivity index (χ0n) is 16.6. The summed E-state index contributed by atoms with van der Waals surface area (Å²) in [5.41, 5.74) is 10.3. The van der Waals surface area contributed by atoms with E-state index in [1.165, 1.54) is 0 Å². The van der Waals surface area contributed by atoms with Gasteiger partial charge in [-0.25, -0.2) is 0 Å². The Bertz CT molecular complexity index is 874. The molecule has 0 fully saturated rings. The van der Waals surface area contributed by atoms with Crippen molar-refractivity contribution >= 4 is 29.7 Å². The molecular formula is C22H28ClN3O3. The molecule has 0 aromatic heterocycles. The summed E-state index contributed by atoms with van der Waals surface area (Å²) in [5.74, 6) is 1.61. The van der Waals surface area contributed by atoms with Crippen LogP contribution in [0.3, 0.4) is 0 Å². The number of hydrogen-bond donors (Lipinski definition) is 2. The van der Waals surface area contributed by atoms with Gasteiger partial charge in [-0.15, -0.1) is 12.4 Å². The van der Waals surface area contributed by atoms with Gasteiger partial charge in [0.05, 0.1) is 0 Å². The van der Waals surface area contributed by atoms with Gasteiger partial charge in [-0.1, -0.05) is 12.1 Å². The summed E-state index contributed by atoms with van der Waals surface area (Å²) in [4.78, 5) is 14.9. The first-order valence-corrected chi connectivity index (χ1v) is 9.94. The lowest BCUT2D eigenvalue weighted by molar-refractivity contribution is -0.122. The number of fused-ring (bicyclic) bond motifs is 2. The van der Waals surface area contributed by atoms with Crippen molar-refractivity contribution in [3.63, 3.8) is 0 Å². The molecule has 29 heavy (non-hydrogen) atoms. The van der Waals surface area contributed by atoms with Gasteiger partial charge in [0.25, 0.3) is 0 Å². The molecule has 0 aliphatic carbocycles. The van der Waals surface area contributed by atoms with Crippen LogP contribution in [0.2, 0.25) is 0 Å². The summed E-state index contributed by atoms with van der Waals surface area (Å²) in [6.07, 6.45) is 2.73. The maximum atomic E-state index is 12.7. The van der Waals surface area contributed by atoms with Gasteiger partial charge in [0.15, 0.2) is 11.5 Å². The molecule has 4 rings (SSSR count). The minimum atomic E-state index is -0.235. The zero-order chi connectivity index (χ0) is 19.5. The van der Waals surface area contributed by atoms with Gasteiger partial charge in [0.1, 0.15) is 19.3 Å². The number of nitrogen functional groups attached to an aromatic ring is 1. The number of carbonyl (C=O) groups excluding carboxylic acids is 1. The second kappa shape index (κ2) is 9.27. The first kappa shape index (κ1) is 21.1. The Hall–Kier alpha value is -2.60. The molecule has 2 aromatic carbocycles. The van der Waals surface area contributed by atoms with Gasteiger partial charge in [-0.3, -0.25) is 4.79 Å². The maximum absolute atomic E-state index is 12.7. The van der Waals surface area contributed by atoms with E-state index >= 15 is 0 Å². The molecule has 3 N–H and O–H groups in total. The molecule has 2 aliphatic heterocycles. The molecule has 0 radical (unpaired) electrons. The van der Waals surface area contributed by atoms with E-state index in [2.05, 4.69) is 16.3 Å². The SMILES string of the molecule is CC(C(=O)NCCc1ccc2c(c1)OCCO2)N1CCCc2c(N)cccc21.Cl. The molecule has 1 amide bonds. The van der Waals surface area contributed by atoms with Crippen LogP contribution in [0.25, 0.3) is 0 Å². The summed E-state index contributed by atoms with van der Waals surface area (Å²) in [6.45, 7) is 4.57. The molecule has 1 unspecified atom stereocenters. The van der Waals surface area contributed by atoms with E-state index in [-0.39, 0.29) is 24.4 Å². The van der Waals surface area contributed by atoms with Crippen molar-refractivity contribution in [2.75, 3.05) is 36.9 Å². The molecule has 7 heteroatoms. The van der Waals surface area contributed by atoms with Gasteiger partial charge >= 0.3 is 0 Å². The van der Waals surface area contributed by atoms with E-state index in [0.717, 1.165) is 59.8 Å². The average molecular weight is 418 g/mol. The van der Waals surface area contributed by atoms with Crippen molar-refractivity contribution < 1.29 is 14.3 Å². The van der Waals surface area contributed by atoms with E-state index in [1.54, 1.807) is 0 Å². The smallest absolute Gasteiger partial charge is 0.242 e. The molecule has 0 saturated heterocycles. The lowest BCUT2D eigenvalue weighted by Gasteiger charge is -2.36. The zero-order valence-corrected chi connectivity index (χ0v) is 17.5. The summed E-state index contributed by atoms with van der Waals surface area (Å²) < 4.78 is 11.2. The summed E-state index contributed by atoms with van der Waals surface area (Å²) in [6, 6.07) is 11.7. The minimum Gasteiger partial charge on any atom is -0.486 e. The van der Waals surface area contributed by atoms with Crippen molar-refractivity contribution in [1.82, 2.24) is 5.32 Å². The molecule has 1 atom stereocenters. The van der Waals surface area contributed by atoms with Crippen LogP contribution in [0, 0.1) is 0 Å². The van der Waals surface area contributed by atoms with Crippen molar-refractivity contribution in [1.29, 1.82) is 0 Å². The Labute approximate surface area is 177 Å². The molecule has 0 spiro atoms. The highest BCUT2D eigenvalue weighted by atomic mass is 35.5. The average Bonchev–Trinajstić information content (AvgIpc) is 2.73. The fourth-order valence-electron chi connectivity index (χ4n) is 3.94. The number of hydrogen-bond acceptors (Lipinski definition) is 5. The summed E-state index contributed by atoms with van der Waals surface area (Å²) in [5, 5.41) is 3.07. The number of nitrogens with two attached hydrogens (primary N) is 1. The predicted octanol–water partition coefficient (Wildman–Crippen LogP) is 2.96. The normalized spacial score (nSPS) is 15.7. The van der Waals surface area contributed by atoms with Crippen LogP contribution in [-0.2, 0) is 17.6 Å². The number of nitrogens with zero attached hydrogens (tertiary/aromatic N) is 1. The number of rotatable bonds is 5. The predicted molar refractivity (Wildman–Crippen MR) is 117 cm³/mol. The van der Waals surface area contributed by atoms with Crippen molar-refractivity contribution in [2.24, 2.45) is 0 Å². The molecule has 2 aliphatic rings. The van der Waals surface area contributed by atoms with Crippen molar-refractivity contribution in [3.05, 3.63) is 47.5 Å². The molecule has 156 valence electrons. The third kappa shape index (κ3) is 4.53. The largest absolute Gasteiger partial charge is 0.486 e. The second-order valence-corrected chi connectivity index (χ2v) is 7.34. The second-order valence-electron chi connectivity index (χ2n) is 7.34. The highest BCUT2D eigenvalue weighted by molar-refractivity contribution is 5.86. The molecule has 0 bridgehead atoms. The van der Waals surface area contributed by atoms with Gasteiger partial charge in [-0.05, 0) is 61.6 Å². The number of halogens is 1. The Morgan fingerprint density at radius 2 is 2.00 bits per heavy atom. The quantitative estimate of drug-likeness (QED) is 0.731. The topological polar surface area (TPSA) is 76.8 Å². The first-order chi connectivity index (χ1) is 13.6. The van der Waals surface area contributed by atoms with Gasteiger partial charge in [0.2, 0.25) is 5.91 Å². The number of amides is 1. The van der Waals surface area contributed by atoms with Gasteiger partial charge in [0, 0.05) is 24.5 Å². The van der Waals surface area contributed by atoms with Crippen molar-refractivity contribution in [3.8, 4) is 11.5 Å². The minimum absolute atomic E-state index is 0. The Morgan fingerprint density at radius 1 is 1.21 bits per heavy atom. The number of carbonyl (C=O) groups is 1. The van der Waals surface area contributed by atoms with E-state index < -0.39 is 0 Å². The lowest BCUT2D eigenvalue weighted by Crippen LogP contribution is -2.47. The van der Waals surface area contributed by atoms with Crippen LogP contribution in [-0.4, -0.2) is 38.3 Å². The lowest BCUT2D eigenvalue weighted by atomic mass is 9.98. The van der Waals surface area contributed by atoms with Crippen LogP contribution in [0.4, 0.5) is 11.4 Å². The third-order valence-electron chi connectivity index (χ3n) is 5.49. The van der Waals surface area contributed by atoms with Crippen molar-refractivity contribution in [2.45, 2.75) is 32.2 Å². The summed E-state index contributed by atoms with van der Waals surface area (Å²) in [7, 11) is 0. The number of ether oxygens (including phenoxy) is 2. The highest BCUT2D eigenvalue weighted by Gasteiger charge is 2.26. The molecular weight excluding hydrogens is 390 g/mol. The van der Waals surface area contributed by atoms with Gasteiger partial charge < -0.3 is 25.4 Å². The number of anilines is 2. The van der Waals surface area contributed by atoms with Crippen LogP contribution in [0.1, 0.15) is 24.5 Å². The fraction of sp³-hybridized carbons (Fsp3) is 0.409. The molecule has 2 aromatic rings. The molecule has 2 heterocycles. The summed E-state index contributed by atoms with van der Waals surface area (Å²) >= 11 is 0. The molecule has 0 saturated carbocycles. The Morgan fingerprint density at radius 3 is 2.83 bits per heavy atom. The third-order valence-corrected chi connectivity index (χ3v) is 5.49. The fourth-order valence-corrected chi connectivity index (χ4v) is 3.94. The van der Waals surface area contributed by atoms with Gasteiger partial charge in [-0.2, -0.15) is 0 Å². The van der Waals surface area contributed by atoms with E-state index in [4.69, 9.17) is 15.2 Å². The monoisotopic (exact) mass is 417 g/mol. The van der Waals surface area contributed by atoms with E-state index in [1.807, 2.05) is 37.3 Å². The number of benzene rings is 2. The maximum Gasteiger partial charge on any atom is 0.242 e.